The molecule has 2 rings (SSSR count). The van der Waals surface area contributed by atoms with Gasteiger partial charge in [0.15, 0.2) is 11.6 Å². The fourth-order valence-electron chi connectivity index (χ4n) is 1.52. The van der Waals surface area contributed by atoms with Gasteiger partial charge in [-0.1, -0.05) is 22.0 Å². The van der Waals surface area contributed by atoms with Crippen LogP contribution in [0, 0.1) is 17.0 Å². The third kappa shape index (κ3) is 2.90. The molecule has 0 aromatic heterocycles. The number of nitrogens with two attached hydrogens (primary N) is 1. The monoisotopic (exact) mass is 326 g/mol. The first-order valence-corrected chi connectivity index (χ1v) is 6.04. The van der Waals surface area contributed by atoms with E-state index in [0.717, 1.165) is 6.07 Å². The van der Waals surface area contributed by atoms with Crippen LogP contribution in [0.3, 0.4) is 0 Å². The third-order valence-electron chi connectivity index (χ3n) is 2.36. The second kappa shape index (κ2) is 5.36. The van der Waals surface area contributed by atoms with Gasteiger partial charge in [0.2, 0.25) is 0 Å². The van der Waals surface area contributed by atoms with Crippen LogP contribution in [0.5, 0.6) is 11.5 Å². The molecule has 19 heavy (non-hydrogen) atoms. The van der Waals surface area contributed by atoms with Crippen LogP contribution in [0.4, 0.5) is 8.78 Å². The lowest BCUT2D eigenvalue weighted by atomic mass is 10.1. The van der Waals surface area contributed by atoms with Crippen molar-refractivity contribution in [1.82, 2.24) is 0 Å². The molecule has 0 aliphatic rings. The third-order valence-corrected chi connectivity index (χ3v) is 2.85. The molecule has 6 heteroatoms. The lowest BCUT2D eigenvalue weighted by molar-refractivity contribution is 0.437. The molecule has 0 atom stereocenters. The summed E-state index contributed by atoms with van der Waals surface area (Å²) in [6.07, 6.45) is 0. The Balaban J connectivity index is 2.46. The zero-order valence-corrected chi connectivity index (χ0v) is 11.2. The van der Waals surface area contributed by atoms with Crippen LogP contribution in [0.25, 0.3) is 0 Å². The van der Waals surface area contributed by atoms with Gasteiger partial charge in [0.1, 0.15) is 17.4 Å². The number of amidine groups is 1. The number of hydrogen-bond acceptors (Lipinski definition) is 2. The van der Waals surface area contributed by atoms with Gasteiger partial charge in [0.25, 0.3) is 0 Å². The van der Waals surface area contributed by atoms with Gasteiger partial charge in [-0.3, -0.25) is 5.41 Å². The first kappa shape index (κ1) is 13.5. The molecule has 98 valence electrons. The van der Waals surface area contributed by atoms with Crippen LogP contribution in [0.1, 0.15) is 5.56 Å². The van der Waals surface area contributed by atoms with Crippen LogP contribution in [-0.2, 0) is 0 Å². The Bertz CT molecular complexity index is 647. The maximum atomic E-state index is 13.6. The molecule has 0 heterocycles. The van der Waals surface area contributed by atoms with Crippen molar-refractivity contribution < 1.29 is 13.5 Å². The molecule has 0 radical (unpaired) electrons. The Morgan fingerprint density at radius 1 is 1.11 bits per heavy atom. The normalized spacial score (nSPS) is 10.3. The van der Waals surface area contributed by atoms with E-state index in [9.17, 15) is 8.78 Å². The van der Waals surface area contributed by atoms with Crippen molar-refractivity contribution in [1.29, 1.82) is 5.41 Å². The number of nitrogens with one attached hydrogen (secondary N) is 1. The molecule has 0 saturated carbocycles. The lowest BCUT2D eigenvalue weighted by Crippen LogP contribution is -2.14. The number of nitrogen functional groups attached to an aromatic ring is 1. The van der Waals surface area contributed by atoms with Crippen LogP contribution >= 0.6 is 15.9 Å². The zero-order chi connectivity index (χ0) is 14.0. The zero-order valence-electron chi connectivity index (χ0n) is 9.58. The SMILES string of the molecule is N=C(N)c1c(F)cccc1Oc1cc(Br)ccc1F. The maximum Gasteiger partial charge on any atom is 0.165 e. The number of halogens is 3. The summed E-state index contributed by atoms with van der Waals surface area (Å²) in [5.41, 5.74) is 5.10. The Morgan fingerprint density at radius 3 is 2.53 bits per heavy atom. The van der Waals surface area contributed by atoms with Crippen molar-refractivity contribution in [3.63, 3.8) is 0 Å². The van der Waals surface area contributed by atoms with Gasteiger partial charge in [-0.05, 0) is 30.3 Å². The van der Waals surface area contributed by atoms with Crippen molar-refractivity contribution in [2.75, 3.05) is 0 Å². The highest BCUT2D eigenvalue weighted by Gasteiger charge is 2.15. The van der Waals surface area contributed by atoms with Gasteiger partial charge >= 0.3 is 0 Å². The molecular formula is C13H9BrF2N2O. The summed E-state index contributed by atoms with van der Waals surface area (Å²) in [5, 5.41) is 7.33. The Morgan fingerprint density at radius 2 is 1.84 bits per heavy atom. The van der Waals surface area contributed by atoms with Crippen molar-refractivity contribution in [3.05, 3.63) is 58.1 Å². The average molecular weight is 327 g/mol. The average Bonchev–Trinajstić information content (AvgIpc) is 2.33. The summed E-state index contributed by atoms with van der Waals surface area (Å²) in [6, 6.07) is 8.10. The van der Waals surface area contributed by atoms with Gasteiger partial charge in [-0.2, -0.15) is 0 Å². The molecular weight excluding hydrogens is 318 g/mol. The van der Waals surface area contributed by atoms with Gasteiger partial charge in [0, 0.05) is 4.47 Å². The minimum Gasteiger partial charge on any atom is -0.453 e. The number of ether oxygens (including phenoxy) is 1. The van der Waals surface area contributed by atoms with Crippen LogP contribution < -0.4 is 10.5 Å². The molecule has 0 aliphatic carbocycles. The summed E-state index contributed by atoms with van der Waals surface area (Å²) < 4.78 is 33.1. The quantitative estimate of drug-likeness (QED) is 0.665. The molecule has 0 unspecified atom stereocenters. The summed E-state index contributed by atoms with van der Waals surface area (Å²) in [6.45, 7) is 0. The standard InChI is InChI=1S/C13H9BrF2N2O/c14-7-4-5-8(15)11(6-7)19-10-3-1-2-9(16)12(10)13(17)18/h1-6H,(H3,17,18). The topological polar surface area (TPSA) is 59.1 Å². The number of hydrogen-bond donors (Lipinski definition) is 2. The highest BCUT2D eigenvalue weighted by molar-refractivity contribution is 9.10. The minimum atomic E-state index is -0.694. The van der Waals surface area contributed by atoms with Gasteiger partial charge in [-0.15, -0.1) is 0 Å². The maximum absolute atomic E-state index is 13.6. The predicted octanol–water partition coefficient (Wildman–Crippen LogP) is 3.80. The summed E-state index contributed by atoms with van der Waals surface area (Å²) >= 11 is 3.18. The van der Waals surface area contributed by atoms with E-state index in [1.807, 2.05) is 0 Å². The lowest BCUT2D eigenvalue weighted by Gasteiger charge is -2.11. The molecule has 2 aromatic carbocycles. The smallest absolute Gasteiger partial charge is 0.165 e. The highest BCUT2D eigenvalue weighted by atomic mass is 79.9. The molecule has 3 N–H and O–H groups in total. The van der Waals surface area contributed by atoms with Gasteiger partial charge in [0.05, 0.1) is 5.56 Å². The molecule has 0 saturated heterocycles. The largest absolute Gasteiger partial charge is 0.453 e. The van der Waals surface area contributed by atoms with Crippen molar-refractivity contribution in [2.45, 2.75) is 0 Å². The van der Waals surface area contributed by atoms with E-state index >= 15 is 0 Å². The Labute approximate surface area is 116 Å². The van der Waals surface area contributed by atoms with Crippen molar-refractivity contribution in [3.8, 4) is 11.5 Å². The first-order chi connectivity index (χ1) is 8.99. The molecule has 3 nitrogen and oxygen atoms in total. The molecule has 0 amide bonds. The van der Waals surface area contributed by atoms with E-state index in [1.165, 1.54) is 30.3 Å². The van der Waals surface area contributed by atoms with E-state index in [4.69, 9.17) is 15.9 Å². The van der Waals surface area contributed by atoms with Gasteiger partial charge < -0.3 is 10.5 Å². The Kier molecular flexibility index (Phi) is 3.80. The van der Waals surface area contributed by atoms with E-state index in [0.29, 0.717) is 4.47 Å². The van der Waals surface area contributed by atoms with Crippen molar-refractivity contribution >= 4 is 21.8 Å². The molecule has 0 aliphatic heterocycles. The predicted molar refractivity (Wildman–Crippen MR) is 71.6 cm³/mol. The second-order valence-electron chi connectivity index (χ2n) is 3.70. The van der Waals surface area contributed by atoms with Crippen LogP contribution in [-0.4, -0.2) is 5.84 Å². The molecule has 0 bridgehead atoms. The Hall–Kier alpha value is -1.95. The number of benzene rings is 2. The van der Waals surface area contributed by atoms with E-state index < -0.39 is 17.5 Å². The fourth-order valence-corrected chi connectivity index (χ4v) is 1.86. The van der Waals surface area contributed by atoms with Crippen LogP contribution in [0.15, 0.2) is 40.9 Å². The van der Waals surface area contributed by atoms with Crippen molar-refractivity contribution in [2.24, 2.45) is 5.73 Å². The van der Waals surface area contributed by atoms with E-state index in [2.05, 4.69) is 15.9 Å². The fraction of sp³-hybridized carbons (Fsp3) is 0. The van der Waals surface area contributed by atoms with Gasteiger partial charge in [-0.25, -0.2) is 8.78 Å². The second-order valence-corrected chi connectivity index (χ2v) is 4.62. The summed E-state index contributed by atoms with van der Waals surface area (Å²) in [7, 11) is 0. The molecule has 0 fully saturated rings. The highest BCUT2D eigenvalue weighted by Crippen LogP contribution is 2.30. The van der Waals surface area contributed by atoms with E-state index in [-0.39, 0.29) is 17.1 Å². The minimum absolute atomic E-state index is 0.00972. The molecule has 0 spiro atoms. The summed E-state index contributed by atoms with van der Waals surface area (Å²) in [4.78, 5) is 0. The van der Waals surface area contributed by atoms with Crippen LogP contribution in [0.2, 0.25) is 0 Å². The molecule has 2 aromatic rings. The summed E-state index contributed by atoms with van der Waals surface area (Å²) in [5.74, 6) is -1.86. The number of rotatable bonds is 3. The first-order valence-electron chi connectivity index (χ1n) is 5.25. The van der Waals surface area contributed by atoms with E-state index in [1.54, 1.807) is 0 Å².